The zero-order chi connectivity index (χ0) is 25.1. The standard InChI is InChI=1S/C21H35N3O8S/c1-20(2,10-25)16(27)17(28)23-6-5-13(26)22-7-8-33-12-9-11-14(21(3,4)32)18(29)24(11)15(12)19(30)31/h11-12,14-16,25,27,32H,5-10H2,1-4H3,(H,22,26)(H,23,28)(H,30,31)/t11?,12-,14?,15+,16?/m0/s1. The van der Waals surface area contributed by atoms with E-state index in [1.54, 1.807) is 27.7 Å². The molecule has 2 rings (SSSR count). The van der Waals surface area contributed by atoms with Crippen molar-refractivity contribution in [1.29, 1.82) is 0 Å². The van der Waals surface area contributed by atoms with Gasteiger partial charge in [0.05, 0.1) is 18.1 Å². The van der Waals surface area contributed by atoms with Crippen molar-refractivity contribution in [1.82, 2.24) is 15.5 Å². The van der Waals surface area contributed by atoms with Crippen LogP contribution in [0.25, 0.3) is 0 Å². The third-order valence-corrected chi connectivity index (χ3v) is 7.52. The van der Waals surface area contributed by atoms with Crippen molar-refractivity contribution in [2.75, 3.05) is 25.4 Å². The van der Waals surface area contributed by atoms with Gasteiger partial charge in [0.15, 0.2) is 0 Å². The van der Waals surface area contributed by atoms with Gasteiger partial charge in [-0.1, -0.05) is 13.8 Å². The molecule has 0 aromatic carbocycles. The number of aliphatic hydroxyl groups is 3. The Labute approximate surface area is 197 Å². The monoisotopic (exact) mass is 489 g/mol. The van der Waals surface area contributed by atoms with Gasteiger partial charge in [-0.15, -0.1) is 0 Å². The van der Waals surface area contributed by atoms with Gasteiger partial charge in [-0.05, 0) is 20.3 Å². The van der Waals surface area contributed by atoms with E-state index < -0.39 is 41.0 Å². The van der Waals surface area contributed by atoms with E-state index in [0.717, 1.165) is 0 Å². The molecule has 0 saturated carbocycles. The number of nitrogens with zero attached hydrogens (tertiary/aromatic N) is 1. The number of carbonyl (C=O) groups excluding carboxylic acids is 3. The average Bonchev–Trinajstić information content (AvgIpc) is 3.03. The number of nitrogens with one attached hydrogen (secondary N) is 2. The summed E-state index contributed by atoms with van der Waals surface area (Å²) in [6.07, 6.45) is -0.930. The third kappa shape index (κ3) is 6.17. The number of carboxylic acid groups (broad SMARTS) is 1. The minimum absolute atomic E-state index is 0.00146. The van der Waals surface area contributed by atoms with Crippen LogP contribution in [-0.2, 0) is 19.2 Å². The number of carboxylic acids is 1. The van der Waals surface area contributed by atoms with Crippen LogP contribution in [0.1, 0.15) is 40.5 Å². The summed E-state index contributed by atoms with van der Waals surface area (Å²) in [5.74, 6) is -2.57. The quantitative estimate of drug-likeness (QED) is 0.141. The lowest BCUT2D eigenvalue weighted by molar-refractivity contribution is -0.177. The molecule has 3 unspecified atom stereocenters. The van der Waals surface area contributed by atoms with Gasteiger partial charge in [0.25, 0.3) is 0 Å². The summed E-state index contributed by atoms with van der Waals surface area (Å²) >= 11 is 1.36. The number of carbonyl (C=O) groups is 4. The van der Waals surface area contributed by atoms with E-state index in [0.29, 0.717) is 12.2 Å². The summed E-state index contributed by atoms with van der Waals surface area (Å²) in [6.45, 7) is 6.14. The number of amides is 3. The lowest BCUT2D eigenvalue weighted by Crippen LogP contribution is -2.67. The molecule has 5 atom stereocenters. The van der Waals surface area contributed by atoms with Crippen molar-refractivity contribution in [3.63, 3.8) is 0 Å². The molecule has 33 heavy (non-hydrogen) atoms. The Bertz CT molecular complexity index is 769. The maximum absolute atomic E-state index is 12.4. The van der Waals surface area contributed by atoms with Gasteiger partial charge >= 0.3 is 5.97 Å². The number of aliphatic carboxylic acids is 1. The highest BCUT2D eigenvalue weighted by Gasteiger charge is 2.63. The van der Waals surface area contributed by atoms with Gasteiger partial charge < -0.3 is 36.0 Å². The zero-order valence-corrected chi connectivity index (χ0v) is 20.2. The van der Waals surface area contributed by atoms with Gasteiger partial charge in [0.2, 0.25) is 17.7 Å². The highest BCUT2D eigenvalue weighted by atomic mass is 32.2. The molecule has 0 spiro atoms. The second-order valence-electron chi connectivity index (χ2n) is 9.81. The minimum atomic E-state index is -1.40. The highest BCUT2D eigenvalue weighted by molar-refractivity contribution is 8.00. The molecule has 0 aliphatic carbocycles. The summed E-state index contributed by atoms with van der Waals surface area (Å²) in [6, 6.07) is -1.26. The Hall–Kier alpha value is -1.89. The van der Waals surface area contributed by atoms with Crippen molar-refractivity contribution < 1.29 is 39.6 Å². The molecular formula is C21H35N3O8S. The molecule has 2 fully saturated rings. The van der Waals surface area contributed by atoms with Crippen LogP contribution < -0.4 is 10.6 Å². The summed E-state index contributed by atoms with van der Waals surface area (Å²) < 4.78 is 0. The predicted octanol–water partition coefficient (Wildman–Crippen LogP) is -1.46. The fraction of sp³-hybridized carbons (Fsp3) is 0.810. The van der Waals surface area contributed by atoms with Crippen LogP contribution in [0.5, 0.6) is 0 Å². The minimum Gasteiger partial charge on any atom is -0.480 e. The molecule has 0 aromatic rings. The summed E-state index contributed by atoms with van der Waals surface area (Å²) in [7, 11) is 0. The molecular weight excluding hydrogens is 454 g/mol. The second-order valence-corrected chi connectivity index (χ2v) is 11.2. The van der Waals surface area contributed by atoms with Crippen LogP contribution in [0.15, 0.2) is 0 Å². The van der Waals surface area contributed by atoms with E-state index in [4.69, 9.17) is 0 Å². The molecule has 11 nitrogen and oxygen atoms in total. The van der Waals surface area contributed by atoms with Crippen LogP contribution in [0, 0.1) is 11.3 Å². The molecule has 0 aromatic heterocycles. The first-order valence-corrected chi connectivity index (χ1v) is 12.0. The van der Waals surface area contributed by atoms with Gasteiger partial charge in [0.1, 0.15) is 12.1 Å². The van der Waals surface area contributed by atoms with Gasteiger partial charge in [-0.3, -0.25) is 14.4 Å². The van der Waals surface area contributed by atoms with Crippen LogP contribution >= 0.6 is 11.8 Å². The van der Waals surface area contributed by atoms with Crippen molar-refractivity contribution >= 4 is 35.5 Å². The zero-order valence-electron chi connectivity index (χ0n) is 19.4. The molecule has 188 valence electrons. The fourth-order valence-electron chi connectivity index (χ4n) is 4.24. The Kier molecular flexibility index (Phi) is 8.77. The molecule has 0 radical (unpaired) electrons. The molecule has 6 N–H and O–H groups in total. The maximum atomic E-state index is 12.4. The Morgan fingerprint density at radius 3 is 2.36 bits per heavy atom. The van der Waals surface area contributed by atoms with Crippen molar-refractivity contribution in [2.24, 2.45) is 11.3 Å². The summed E-state index contributed by atoms with van der Waals surface area (Å²) in [5, 5.41) is 43.7. The van der Waals surface area contributed by atoms with E-state index >= 15 is 0 Å². The molecule has 2 saturated heterocycles. The van der Waals surface area contributed by atoms with E-state index in [1.807, 2.05) is 0 Å². The summed E-state index contributed by atoms with van der Waals surface area (Å²) in [4.78, 5) is 49.4. The number of rotatable bonds is 12. The molecule has 3 amide bonds. The van der Waals surface area contributed by atoms with Crippen molar-refractivity contribution in [3.8, 4) is 0 Å². The van der Waals surface area contributed by atoms with Gasteiger partial charge in [0, 0.05) is 42.0 Å². The number of fused-ring (bicyclic) bond motifs is 1. The Balaban J connectivity index is 1.73. The smallest absolute Gasteiger partial charge is 0.327 e. The Morgan fingerprint density at radius 1 is 1.18 bits per heavy atom. The van der Waals surface area contributed by atoms with Gasteiger partial charge in [-0.2, -0.15) is 11.8 Å². The maximum Gasteiger partial charge on any atom is 0.327 e. The van der Waals surface area contributed by atoms with Crippen molar-refractivity contribution in [2.45, 2.75) is 69.6 Å². The van der Waals surface area contributed by atoms with Crippen LogP contribution in [-0.4, -0.2) is 104 Å². The highest BCUT2D eigenvalue weighted by Crippen LogP contribution is 2.47. The number of β-lactam (4-membered cyclic amide) rings is 1. The van der Waals surface area contributed by atoms with Crippen LogP contribution in [0.4, 0.5) is 0 Å². The third-order valence-electron chi connectivity index (χ3n) is 6.21. The van der Waals surface area contributed by atoms with Crippen LogP contribution in [0.2, 0.25) is 0 Å². The fourth-order valence-corrected chi connectivity index (χ4v) is 5.53. The van der Waals surface area contributed by atoms with Crippen LogP contribution in [0.3, 0.4) is 0 Å². The van der Waals surface area contributed by atoms with Crippen molar-refractivity contribution in [3.05, 3.63) is 0 Å². The lowest BCUT2D eigenvalue weighted by Gasteiger charge is -2.49. The number of aliphatic hydroxyl groups excluding tert-OH is 2. The van der Waals surface area contributed by atoms with E-state index in [2.05, 4.69) is 10.6 Å². The second kappa shape index (κ2) is 10.6. The SMILES string of the molecule is CC(C)(O)C1C(=O)N2C1C[C@H](SCCNC(=O)CCNC(=O)C(O)C(C)(C)CO)[C@@H]2C(=O)O. The summed E-state index contributed by atoms with van der Waals surface area (Å²) in [5.41, 5.74) is -2.21. The van der Waals surface area contributed by atoms with E-state index in [1.165, 1.54) is 16.7 Å². The normalized spacial score (nSPS) is 25.8. The molecule has 12 heteroatoms. The number of thioether (sulfide) groups is 1. The molecule has 2 aliphatic heterocycles. The predicted molar refractivity (Wildman–Crippen MR) is 120 cm³/mol. The van der Waals surface area contributed by atoms with E-state index in [-0.39, 0.29) is 49.2 Å². The Morgan fingerprint density at radius 2 is 1.82 bits per heavy atom. The number of hydrogen-bond donors (Lipinski definition) is 6. The lowest BCUT2D eigenvalue weighted by atomic mass is 9.76. The first kappa shape index (κ1) is 27.4. The first-order chi connectivity index (χ1) is 15.2. The molecule has 2 heterocycles. The van der Waals surface area contributed by atoms with Gasteiger partial charge in [-0.25, -0.2) is 4.79 Å². The number of hydrogen-bond acceptors (Lipinski definition) is 8. The average molecular weight is 490 g/mol. The molecule has 2 aliphatic rings. The topological polar surface area (TPSA) is 176 Å². The van der Waals surface area contributed by atoms with E-state index in [9.17, 15) is 39.6 Å². The largest absolute Gasteiger partial charge is 0.480 e. The first-order valence-electron chi connectivity index (χ1n) is 10.9. The molecule has 0 bridgehead atoms.